The van der Waals surface area contributed by atoms with E-state index in [-0.39, 0.29) is 16.8 Å². The molecule has 1 N–H and O–H groups in total. The molecule has 2 aromatic carbocycles. The highest BCUT2D eigenvalue weighted by atomic mass is 16.5. The molecule has 164 valence electrons. The second kappa shape index (κ2) is 8.11. The number of rotatable bonds is 4. The normalized spacial score (nSPS) is 14.6. The molecule has 1 heterocycles. The van der Waals surface area contributed by atoms with Crippen molar-refractivity contribution in [3.63, 3.8) is 0 Å². The second-order valence-electron chi connectivity index (χ2n) is 9.02. The zero-order chi connectivity index (χ0) is 23.0. The van der Waals surface area contributed by atoms with Crippen molar-refractivity contribution in [2.75, 3.05) is 12.4 Å². The van der Waals surface area contributed by atoms with E-state index in [0.29, 0.717) is 41.2 Å². The highest BCUT2D eigenvalue weighted by Crippen LogP contribution is 2.35. The van der Waals surface area contributed by atoms with Crippen molar-refractivity contribution in [1.82, 2.24) is 4.57 Å². The van der Waals surface area contributed by atoms with Gasteiger partial charge in [0.25, 0.3) is 11.5 Å². The minimum Gasteiger partial charge on any atom is -0.497 e. The first-order valence-electron chi connectivity index (χ1n) is 10.5. The van der Waals surface area contributed by atoms with Gasteiger partial charge in [-0.15, -0.1) is 0 Å². The zero-order valence-electron chi connectivity index (χ0n) is 18.7. The number of carbonyl (C=O) groups excluding carboxylic acids is 2. The van der Waals surface area contributed by atoms with Gasteiger partial charge < -0.3 is 10.1 Å². The number of benzene rings is 2. The molecule has 32 heavy (non-hydrogen) atoms. The molecule has 6 nitrogen and oxygen atoms in total. The van der Waals surface area contributed by atoms with Crippen molar-refractivity contribution < 1.29 is 14.3 Å². The maximum atomic E-state index is 13.6. The molecule has 0 spiro atoms. The quantitative estimate of drug-likeness (QED) is 0.658. The number of ether oxygens (including phenoxy) is 1. The summed E-state index contributed by atoms with van der Waals surface area (Å²) < 4.78 is 6.73. The number of fused-ring (bicyclic) bond motifs is 1. The van der Waals surface area contributed by atoms with Gasteiger partial charge in [0.05, 0.1) is 7.11 Å². The van der Waals surface area contributed by atoms with E-state index in [0.717, 1.165) is 5.56 Å². The molecule has 1 amide bonds. The maximum Gasteiger partial charge on any atom is 0.268 e. The summed E-state index contributed by atoms with van der Waals surface area (Å²) in [4.78, 5) is 39.7. The van der Waals surface area contributed by atoms with Gasteiger partial charge in [-0.3, -0.25) is 19.0 Å². The van der Waals surface area contributed by atoms with Crippen LogP contribution in [0.2, 0.25) is 0 Å². The Balaban J connectivity index is 1.89. The molecule has 0 aliphatic heterocycles. The lowest BCUT2D eigenvalue weighted by Crippen LogP contribution is -2.37. The number of nitrogens with one attached hydrogen (secondary N) is 1. The first kappa shape index (κ1) is 21.6. The minimum atomic E-state index is -0.539. The zero-order valence-corrected chi connectivity index (χ0v) is 18.7. The van der Waals surface area contributed by atoms with Gasteiger partial charge in [0, 0.05) is 29.1 Å². The lowest BCUT2D eigenvalue weighted by molar-refractivity contribution is 0.0909. The number of hydrogen-bond acceptors (Lipinski definition) is 4. The highest BCUT2D eigenvalue weighted by Gasteiger charge is 2.35. The van der Waals surface area contributed by atoms with E-state index in [4.69, 9.17) is 4.74 Å². The molecular formula is C26H26N2O4. The molecule has 0 unspecified atom stereocenters. The summed E-state index contributed by atoms with van der Waals surface area (Å²) in [7, 11) is 1.57. The third-order valence-corrected chi connectivity index (χ3v) is 5.74. The fourth-order valence-electron chi connectivity index (χ4n) is 4.20. The fourth-order valence-corrected chi connectivity index (χ4v) is 4.20. The third kappa shape index (κ3) is 4.08. The van der Waals surface area contributed by atoms with Gasteiger partial charge in [-0.25, -0.2) is 0 Å². The first-order chi connectivity index (χ1) is 15.2. The van der Waals surface area contributed by atoms with Gasteiger partial charge in [-0.1, -0.05) is 26.0 Å². The molecule has 0 atom stereocenters. The third-order valence-electron chi connectivity index (χ3n) is 5.74. The lowest BCUT2D eigenvalue weighted by atomic mass is 9.75. The Hall–Kier alpha value is -3.67. The fraction of sp³-hybridized carbons (Fsp3) is 0.269. The minimum absolute atomic E-state index is 0.0610. The number of carbonyl (C=O) groups is 2. The molecule has 1 aromatic heterocycles. The summed E-state index contributed by atoms with van der Waals surface area (Å²) in [5.74, 6) is 0.0480. The Morgan fingerprint density at radius 3 is 2.41 bits per heavy atom. The molecule has 1 aliphatic rings. The van der Waals surface area contributed by atoms with E-state index in [1.54, 1.807) is 37.4 Å². The topological polar surface area (TPSA) is 77.4 Å². The van der Waals surface area contributed by atoms with Gasteiger partial charge >= 0.3 is 0 Å². The Bertz CT molecular complexity index is 1270. The Labute approximate surface area is 186 Å². The molecule has 0 radical (unpaired) electrons. The standard InChI is InChI=1S/C26H26N2O4/c1-16-6-5-7-17(12-16)27-24(30)21-13-20-22(14-26(2,3)15-23(20)29)28(25(21)31)18-8-10-19(32-4)11-9-18/h5-13H,14-15H2,1-4H3,(H,27,30). The van der Waals surface area contributed by atoms with Gasteiger partial charge in [-0.05, 0) is 66.8 Å². The van der Waals surface area contributed by atoms with Crippen LogP contribution in [-0.4, -0.2) is 23.4 Å². The van der Waals surface area contributed by atoms with Crippen LogP contribution in [0.5, 0.6) is 5.75 Å². The van der Waals surface area contributed by atoms with Crippen LogP contribution < -0.4 is 15.6 Å². The Morgan fingerprint density at radius 2 is 1.75 bits per heavy atom. The molecule has 0 saturated heterocycles. The van der Waals surface area contributed by atoms with Crippen LogP contribution >= 0.6 is 0 Å². The highest BCUT2D eigenvalue weighted by molar-refractivity contribution is 6.07. The van der Waals surface area contributed by atoms with E-state index in [1.165, 1.54) is 10.6 Å². The first-order valence-corrected chi connectivity index (χ1v) is 10.5. The molecular weight excluding hydrogens is 404 g/mol. The van der Waals surface area contributed by atoms with Crippen molar-refractivity contribution >= 4 is 17.4 Å². The van der Waals surface area contributed by atoms with E-state index in [2.05, 4.69) is 5.32 Å². The number of aromatic nitrogens is 1. The number of aryl methyl sites for hydroxylation is 1. The van der Waals surface area contributed by atoms with Crippen LogP contribution in [0.25, 0.3) is 5.69 Å². The van der Waals surface area contributed by atoms with Crippen LogP contribution in [0.15, 0.2) is 59.4 Å². The predicted octanol–water partition coefficient (Wildman–Crippen LogP) is 4.56. The Morgan fingerprint density at radius 1 is 1.03 bits per heavy atom. The molecule has 0 saturated carbocycles. The number of methoxy groups -OCH3 is 1. The Kier molecular flexibility index (Phi) is 5.46. The summed E-state index contributed by atoms with van der Waals surface area (Å²) in [6.07, 6.45) is 0.912. The summed E-state index contributed by atoms with van der Waals surface area (Å²) in [5, 5.41) is 2.79. The van der Waals surface area contributed by atoms with Crippen LogP contribution in [0.1, 0.15) is 52.2 Å². The van der Waals surface area contributed by atoms with Crippen LogP contribution in [-0.2, 0) is 6.42 Å². The SMILES string of the molecule is COc1ccc(-n2c3c(cc(C(=O)Nc4cccc(C)c4)c2=O)C(=O)CC(C)(C)C3)cc1. The van der Waals surface area contributed by atoms with Crippen LogP contribution in [0.4, 0.5) is 5.69 Å². The van der Waals surface area contributed by atoms with Crippen molar-refractivity contribution in [3.8, 4) is 11.4 Å². The molecule has 6 heteroatoms. The molecule has 0 bridgehead atoms. The number of hydrogen-bond donors (Lipinski definition) is 1. The van der Waals surface area contributed by atoms with Crippen molar-refractivity contribution in [1.29, 1.82) is 0 Å². The average molecular weight is 431 g/mol. The van der Waals surface area contributed by atoms with Gasteiger partial charge in [0.15, 0.2) is 5.78 Å². The molecule has 3 aromatic rings. The largest absolute Gasteiger partial charge is 0.497 e. The van der Waals surface area contributed by atoms with Crippen LogP contribution in [0, 0.1) is 12.3 Å². The number of anilines is 1. The van der Waals surface area contributed by atoms with Crippen molar-refractivity contribution in [2.24, 2.45) is 5.41 Å². The lowest BCUT2D eigenvalue weighted by Gasteiger charge is -2.32. The summed E-state index contributed by atoms with van der Waals surface area (Å²) in [6.45, 7) is 5.94. The van der Waals surface area contributed by atoms with Crippen molar-refractivity contribution in [2.45, 2.75) is 33.6 Å². The number of Topliss-reactive ketones (excluding diaryl/α,β-unsaturated/α-hetero) is 1. The maximum absolute atomic E-state index is 13.6. The monoisotopic (exact) mass is 430 g/mol. The molecule has 0 fully saturated rings. The summed E-state index contributed by atoms with van der Waals surface area (Å²) >= 11 is 0. The van der Waals surface area contributed by atoms with Gasteiger partial charge in [0.1, 0.15) is 11.3 Å². The van der Waals surface area contributed by atoms with Crippen LogP contribution in [0.3, 0.4) is 0 Å². The van der Waals surface area contributed by atoms with Gasteiger partial charge in [0.2, 0.25) is 0 Å². The molecule has 1 aliphatic carbocycles. The number of nitrogens with zero attached hydrogens (tertiary/aromatic N) is 1. The summed E-state index contributed by atoms with van der Waals surface area (Å²) in [5.41, 5.74) is 2.43. The second-order valence-corrected chi connectivity index (χ2v) is 9.02. The average Bonchev–Trinajstić information content (AvgIpc) is 2.73. The number of amides is 1. The van der Waals surface area contributed by atoms with Crippen molar-refractivity contribution in [3.05, 3.63) is 87.3 Å². The number of ketones is 1. The van der Waals surface area contributed by atoms with Gasteiger partial charge in [-0.2, -0.15) is 0 Å². The molecule has 4 rings (SSSR count). The number of pyridine rings is 1. The van der Waals surface area contributed by atoms with E-state index in [1.807, 2.05) is 39.0 Å². The van der Waals surface area contributed by atoms with E-state index in [9.17, 15) is 14.4 Å². The smallest absolute Gasteiger partial charge is 0.268 e. The van der Waals surface area contributed by atoms with E-state index >= 15 is 0 Å². The summed E-state index contributed by atoms with van der Waals surface area (Å²) in [6, 6.07) is 15.8. The predicted molar refractivity (Wildman–Crippen MR) is 124 cm³/mol. The van der Waals surface area contributed by atoms with E-state index < -0.39 is 11.5 Å².